The second-order valence-corrected chi connectivity index (χ2v) is 22.5. The Labute approximate surface area is 443 Å². The van der Waals surface area contributed by atoms with Crippen LogP contribution < -0.4 is 0 Å². The third-order valence-electron chi connectivity index (χ3n) is 18.0. The number of para-hydroxylation sites is 1. The van der Waals surface area contributed by atoms with Crippen molar-refractivity contribution in [2.24, 2.45) is 0 Å². The van der Waals surface area contributed by atoms with Gasteiger partial charge in [0.15, 0.2) is 0 Å². The molecule has 0 saturated carbocycles. The average Bonchev–Trinajstić information content (AvgIpc) is 4.50. The van der Waals surface area contributed by atoms with Crippen molar-refractivity contribution in [3.63, 3.8) is 0 Å². The highest BCUT2D eigenvalue weighted by Gasteiger charge is 2.53. The van der Waals surface area contributed by atoms with Gasteiger partial charge in [-0.1, -0.05) is 206 Å². The maximum atomic E-state index is 2.52. The Bertz CT molecular complexity index is 4810. The van der Waals surface area contributed by atoms with Crippen LogP contribution in [0.25, 0.3) is 114 Å². The first-order valence-corrected chi connectivity index (χ1v) is 27.4. The summed E-state index contributed by atoms with van der Waals surface area (Å²) in [6.45, 7) is 0. The van der Waals surface area contributed by atoms with E-state index in [-0.39, 0.29) is 5.41 Å². The highest BCUT2D eigenvalue weighted by Crippen LogP contribution is 2.65. The smallest absolute Gasteiger partial charge is 0.0725 e. The highest BCUT2D eigenvalue weighted by molar-refractivity contribution is 7.25. The van der Waals surface area contributed by atoms with Crippen molar-refractivity contribution < 1.29 is 0 Å². The molecule has 2 heteroatoms. The Balaban J connectivity index is 0.837. The largest absolute Gasteiger partial charge is 0.309 e. The standard InChI is InChI=1S/C74H43NS/c1-8-22-61-49(15-1)50-16-2-9-23-62(50)73(61)65-26-12-5-19-53(65)59-43-48(33-37-68(59)73)75-69-27-13-6-20-54(69)55-34-29-47(42-70(55)75)45-31-36-67-58(40-45)57-39-44(46-32-38-72-60(41-46)56-21-7-14-28-71(56)76-72)30-35-66(57)74(67)63-24-10-3-17-51(63)52-18-4-11-25-64(52)74/h1-43H. The molecule has 0 radical (unpaired) electrons. The number of thiophene rings is 1. The van der Waals surface area contributed by atoms with Gasteiger partial charge in [-0.3, -0.25) is 0 Å². The van der Waals surface area contributed by atoms with Gasteiger partial charge in [0.05, 0.1) is 21.9 Å². The molecule has 2 aromatic heterocycles. The van der Waals surface area contributed by atoms with Gasteiger partial charge in [0.1, 0.15) is 0 Å². The summed E-state index contributed by atoms with van der Waals surface area (Å²) >= 11 is 1.88. The van der Waals surface area contributed by atoms with E-state index in [4.69, 9.17) is 0 Å². The molecule has 18 rings (SSSR count). The van der Waals surface area contributed by atoms with Crippen molar-refractivity contribution in [1.82, 2.24) is 4.57 Å². The van der Waals surface area contributed by atoms with E-state index in [2.05, 4.69) is 265 Å². The quantitative estimate of drug-likeness (QED) is 0.166. The molecule has 2 spiro atoms. The lowest BCUT2D eigenvalue weighted by atomic mass is 9.70. The fourth-order valence-electron chi connectivity index (χ4n) is 15.1. The molecule has 0 aliphatic heterocycles. The average molecular weight is 978 g/mol. The van der Waals surface area contributed by atoms with Crippen LogP contribution in [0, 0.1) is 0 Å². The van der Waals surface area contributed by atoms with Crippen LogP contribution in [-0.4, -0.2) is 4.57 Å². The number of fused-ring (bicyclic) bond motifs is 26. The van der Waals surface area contributed by atoms with E-state index in [0.717, 1.165) is 5.69 Å². The van der Waals surface area contributed by atoms with Gasteiger partial charge in [-0.25, -0.2) is 0 Å². The first-order chi connectivity index (χ1) is 37.7. The van der Waals surface area contributed by atoms with Crippen molar-refractivity contribution in [3.05, 3.63) is 305 Å². The second kappa shape index (κ2) is 14.7. The maximum Gasteiger partial charge on any atom is 0.0725 e. The van der Waals surface area contributed by atoms with E-state index >= 15 is 0 Å². The van der Waals surface area contributed by atoms with Gasteiger partial charge in [0.25, 0.3) is 0 Å². The number of hydrogen-bond acceptors (Lipinski definition) is 1. The van der Waals surface area contributed by atoms with Crippen LogP contribution in [0.2, 0.25) is 0 Å². The molecular weight excluding hydrogens is 935 g/mol. The van der Waals surface area contributed by atoms with Gasteiger partial charge in [-0.05, 0) is 166 Å². The van der Waals surface area contributed by atoms with E-state index in [1.165, 1.54) is 153 Å². The Kier molecular flexibility index (Phi) is 7.94. The first kappa shape index (κ1) is 41.1. The Morgan fingerprint density at radius 1 is 0.237 bits per heavy atom. The summed E-state index contributed by atoms with van der Waals surface area (Å²) in [4.78, 5) is 0. The molecule has 14 aromatic rings. The van der Waals surface area contributed by atoms with Gasteiger partial charge in [0, 0.05) is 36.6 Å². The van der Waals surface area contributed by atoms with E-state index in [0.29, 0.717) is 0 Å². The molecule has 1 nitrogen and oxygen atoms in total. The van der Waals surface area contributed by atoms with E-state index in [9.17, 15) is 0 Å². The van der Waals surface area contributed by atoms with E-state index in [1.807, 2.05) is 11.3 Å². The van der Waals surface area contributed by atoms with Crippen LogP contribution in [0.3, 0.4) is 0 Å². The monoisotopic (exact) mass is 977 g/mol. The molecule has 0 N–H and O–H groups in total. The Morgan fingerprint density at radius 3 is 1.20 bits per heavy atom. The fraction of sp³-hybridized carbons (Fsp3) is 0.0270. The molecule has 0 amide bonds. The summed E-state index contributed by atoms with van der Waals surface area (Å²) in [6, 6.07) is 99.5. The van der Waals surface area contributed by atoms with E-state index < -0.39 is 5.41 Å². The highest BCUT2D eigenvalue weighted by atomic mass is 32.1. The third-order valence-corrected chi connectivity index (χ3v) is 19.2. The second-order valence-electron chi connectivity index (χ2n) is 21.4. The van der Waals surface area contributed by atoms with Gasteiger partial charge < -0.3 is 4.57 Å². The van der Waals surface area contributed by atoms with Crippen LogP contribution in [0.4, 0.5) is 0 Å². The minimum absolute atomic E-state index is 0.383. The maximum absolute atomic E-state index is 2.52. The van der Waals surface area contributed by atoms with Crippen LogP contribution >= 0.6 is 11.3 Å². The number of benzene rings is 12. The normalized spacial score (nSPS) is 14.3. The minimum atomic E-state index is -0.438. The molecule has 0 saturated heterocycles. The molecule has 76 heavy (non-hydrogen) atoms. The Morgan fingerprint density at radius 2 is 0.618 bits per heavy atom. The summed E-state index contributed by atoms with van der Waals surface area (Å²) in [6.07, 6.45) is 0. The zero-order valence-electron chi connectivity index (χ0n) is 41.2. The van der Waals surface area contributed by atoms with Crippen LogP contribution in [-0.2, 0) is 10.8 Å². The van der Waals surface area contributed by atoms with Crippen molar-refractivity contribution in [1.29, 1.82) is 0 Å². The summed E-state index contributed by atoms with van der Waals surface area (Å²) in [5.74, 6) is 0. The van der Waals surface area contributed by atoms with Crippen LogP contribution in [0.1, 0.15) is 44.5 Å². The summed E-state index contributed by atoms with van der Waals surface area (Å²) in [5, 5.41) is 5.15. The summed E-state index contributed by atoms with van der Waals surface area (Å²) in [5.41, 5.74) is 29.0. The first-order valence-electron chi connectivity index (χ1n) is 26.6. The van der Waals surface area contributed by atoms with Gasteiger partial charge in [-0.2, -0.15) is 0 Å². The SMILES string of the molecule is c1ccc2c(c1)-c1ccccc1C21c2ccc(-c3ccc4sc5ccccc5c4c3)cc2-c2cc(-c3ccc4c5ccccc5n(-c5ccc6c(c5)-c5ccccc5C65c6ccccc6-c6ccccc65)c4c3)ccc21. The topological polar surface area (TPSA) is 4.93 Å². The minimum Gasteiger partial charge on any atom is -0.309 e. The van der Waals surface area contributed by atoms with Gasteiger partial charge >= 0.3 is 0 Å². The van der Waals surface area contributed by atoms with Crippen molar-refractivity contribution in [2.45, 2.75) is 10.8 Å². The fourth-order valence-corrected chi connectivity index (χ4v) is 16.2. The zero-order chi connectivity index (χ0) is 49.4. The number of aromatic nitrogens is 1. The predicted octanol–water partition coefficient (Wildman–Crippen LogP) is 19.2. The van der Waals surface area contributed by atoms with Crippen molar-refractivity contribution >= 4 is 53.3 Å². The molecule has 350 valence electrons. The van der Waals surface area contributed by atoms with Crippen molar-refractivity contribution in [2.75, 3.05) is 0 Å². The number of nitrogens with zero attached hydrogens (tertiary/aromatic N) is 1. The molecule has 4 aliphatic carbocycles. The van der Waals surface area contributed by atoms with Crippen LogP contribution in [0.5, 0.6) is 0 Å². The molecule has 0 bridgehead atoms. The van der Waals surface area contributed by atoms with Gasteiger partial charge in [-0.15, -0.1) is 11.3 Å². The number of rotatable bonds is 3. The molecule has 12 aromatic carbocycles. The molecule has 4 aliphatic rings. The lowest BCUT2D eigenvalue weighted by molar-refractivity contribution is 0.793. The Hall–Kier alpha value is -9.34. The molecule has 0 atom stereocenters. The van der Waals surface area contributed by atoms with Crippen LogP contribution in [0.15, 0.2) is 261 Å². The molecule has 0 unspecified atom stereocenters. The molecule has 0 fully saturated rings. The lowest BCUT2D eigenvalue weighted by Crippen LogP contribution is -2.25. The number of hydrogen-bond donors (Lipinski definition) is 0. The predicted molar refractivity (Wildman–Crippen MR) is 317 cm³/mol. The summed E-state index contributed by atoms with van der Waals surface area (Å²) in [7, 11) is 0. The van der Waals surface area contributed by atoms with E-state index in [1.54, 1.807) is 0 Å². The van der Waals surface area contributed by atoms with Crippen molar-refractivity contribution in [3.8, 4) is 72.4 Å². The lowest BCUT2D eigenvalue weighted by Gasteiger charge is -2.30. The molecular formula is C74H43NS. The van der Waals surface area contributed by atoms with Gasteiger partial charge in [0.2, 0.25) is 0 Å². The third kappa shape index (κ3) is 5.01. The summed E-state index contributed by atoms with van der Waals surface area (Å²) < 4.78 is 5.17. The zero-order valence-corrected chi connectivity index (χ0v) is 42.0. The molecule has 2 heterocycles.